The molecular formula is C10H12BrN4O+. The Labute approximate surface area is 101 Å². The van der Waals surface area contributed by atoms with Gasteiger partial charge in [0, 0.05) is 41.3 Å². The van der Waals surface area contributed by atoms with Crippen LogP contribution in [0.2, 0.25) is 0 Å². The lowest BCUT2D eigenvalue weighted by Crippen LogP contribution is -2.62. The SMILES string of the molecule is CC(C)(C)[n+]1nc2ccc(Br)cc2[n+]([O-])n1. The summed E-state index contributed by atoms with van der Waals surface area (Å²) in [4.78, 5) is 2.02. The third-order valence-corrected chi connectivity index (χ3v) is 2.61. The molecular weight excluding hydrogens is 272 g/mol. The van der Waals surface area contributed by atoms with Crippen molar-refractivity contribution in [2.24, 2.45) is 0 Å². The Morgan fingerprint density at radius 3 is 2.62 bits per heavy atom. The minimum absolute atomic E-state index is 0.312. The number of hydrogen-bond acceptors (Lipinski definition) is 3. The van der Waals surface area contributed by atoms with Crippen LogP contribution in [0.15, 0.2) is 22.7 Å². The molecule has 0 aliphatic rings. The molecule has 5 nitrogen and oxygen atoms in total. The van der Waals surface area contributed by atoms with Crippen LogP contribution in [0.25, 0.3) is 11.0 Å². The van der Waals surface area contributed by atoms with Crippen LogP contribution in [0.3, 0.4) is 0 Å². The first-order valence-corrected chi connectivity index (χ1v) is 5.67. The monoisotopic (exact) mass is 283 g/mol. The first-order valence-electron chi connectivity index (χ1n) is 4.88. The molecule has 6 heteroatoms. The summed E-state index contributed by atoms with van der Waals surface area (Å²) in [5.41, 5.74) is 0.769. The van der Waals surface area contributed by atoms with Crippen molar-refractivity contribution >= 4 is 27.0 Å². The van der Waals surface area contributed by atoms with E-state index in [9.17, 15) is 5.21 Å². The highest BCUT2D eigenvalue weighted by molar-refractivity contribution is 9.10. The van der Waals surface area contributed by atoms with E-state index in [0.717, 1.165) is 4.47 Å². The number of aromatic nitrogens is 4. The molecule has 0 unspecified atom stereocenters. The molecule has 0 saturated carbocycles. The molecule has 1 aromatic carbocycles. The molecule has 2 aromatic rings. The van der Waals surface area contributed by atoms with Gasteiger partial charge in [-0.15, -0.1) is 0 Å². The number of halogens is 1. The average molecular weight is 284 g/mol. The summed E-state index contributed by atoms with van der Waals surface area (Å²) in [6, 6.07) is 5.34. The van der Waals surface area contributed by atoms with Crippen molar-refractivity contribution in [1.82, 2.24) is 10.3 Å². The molecule has 0 atom stereocenters. The first kappa shape index (κ1) is 11.2. The number of hydrogen-bond donors (Lipinski definition) is 0. The van der Waals surface area contributed by atoms with Crippen molar-refractivity contribution in [3.8, 4) is 0 Å². The molecule has 1 aromatic heterocycles. The molecule has 0 fully saturated rings. The molecule has 0 bridgehead atoms. The van der Waals surface area contributed by atoms with Gasteiger partial charge in [0.05, 0.1) is 4.80 Å². The van der Waals surface area contributed by atoms with Gasteiger partial charge in [0.25, 0.3) is 5.52 Å². The van der Waals surface area contributed by atoms with Gasteiger partial charge in [-0.25, -0.2) is 0 Å². The van der Waals surface area contributed by atoms with Crippen molar-refractivity contribution in [2.45, 2.75) is 26.3 Å². The molecule has 0 saturated heterocycles. The fourth-order valence-electron chi connectivity index (χ4n) is 1.27. The van der Waals surface area contributed by atoms with E-state index in [-0.39, 0.29) is 5.54 Å². The third-order valence-electron chi connectivity index (χ3n) is 2.11. The standard InChI is InChI=1S/C10H12BrN4O/c1-10(2,3)15-12-8-5-4-7(11)6-9(8)14(16)13-15/h4-6H,1-3H3/q+1. The van der Waals surface area contributed by atoms with Crippen molar-refractivity contribution in [3.63, 3.8) is 0 Å². The molecule has 2 rings (SSSR count). The van der Waals surface area contributed by atoms with Crippen LogP contribution < -0.4 is 9.64 Å². The van der Waals surface area contributed by atoms with Gasteiger partial charge in [0.15, 0.2) is 0 Å². The van der Waals surface area contributed by atoms with Crippen LogP contribution in [-0.2, 0) is 5.54 Å². The van der Waals surface area contributed by atoms with Gasteiger partial charge in [-0.05, 0) is 12.1 Å². The fourth-order valence-corrected chi connectivity index (χ4v) is 1.61. The van der Waals surface area contributed by atoms with Gasteiger partial charge in [-0.1, -0.05) is 15.9 Å². The minimum atomic E-state index is -0.312. The molecule has 84 valence electrons. The lowest BCUT2D eigenvalue weighted by Gasteiger charge is -2.06. The Morgan fingerprint density at radius 2 is 2.00 bits per heavy atom. The van der Waals surface area contributed by atoms with Crippen molar-refractivity contribution in [1.29, 1.82) is 0 Å². The second kappa shape index (κ2) is 3.62. The maximum atomic E-state index is 11.7. The van der Waals surface area contributed by atoms with E-state index in [0.29, 0.717) is 15.9 Å². The number of rotatable bonds is 0. The summed E-state index contributed by atoms with van der Waals surface area (Å²) in [5, 5.41) is 19.9. The highest BCUT2D eigenvalue weighted by Crippen LogP contribution is 2.14. The Hall–Kier alpha value is -1.30. The number of benzene rings is 1. The van der Waals surface area contributed by atoms with Gasteiger partial charge in [-0.3, -0.25) is 0 Å². The van der Waals surface area contributed by atoms with E-state index in [4.69, 9.17) is 0 Å². The maximum absolute atomic E-state index is 11.7. The Bertz CT molecular complexity index is 550. The summed E-state index contributed by atoms with van der Waals surface area (Å²) in [6.07, 6.45) is 0. The van der Waals surface area contributed by atoms with Crippen molar-refractivity contribution in [3.05, 3.63) is 27.9 Å². The van der Waals surface area contributed by atoms with Crippen LogP contribution in [0.5, 0.6) is 0 Å². The minimum Gasteiger partial charge on any atom is -0.590 e. The lowest BCUT2D eigenvalue weighted by molar-refractivity contribution is -0.941. The zero-order valence-electron chi connectivity index (χ0n) is 9.31. The molecule has 16 heavy (non-hydrogen) atoms. The first-order chi connectivity index (χ1) is 7.38. The molecule has 0 radical (unpaired) electrons. The molecule has 0 spiro atoms. The quantitative estimate of drug-likeness (QED) is 0.537. The summed E-state index contributed by atoms with van der Waals surface area (Å²) in [7, 11) is 0. The number of fused-ring (bicyclic) bond motifs is 1. The van der Waals surface area contributed by atoms with Crippen LogP contribution in [0, 0.1) is 5.21 Å². The van der Waals surface area contributed by atoms with Crippen LogP contribution >= 0.6 is 15.9 Å². The van der Waals surface area contributed by atoms with E-state index in [1.54, 1.807) is 12.1 Å². The highest BCUT2D eigenvalue weighted by atomic mass is 79.9. The van der Waals surface area contributed by atoms with Gasteiger partial charge < -0.3 is 5.21 Å². The molecule has 0 amide bonds. The van der Waals surface area contributed by atoms with Crippen LogP contribution in [0.1, 0.15) is 20.8 Å². The molecule has 1 heterocycles. The van der Waals surface area contributed by atoms with E-state index in [1.165, 1.54) is 4.80 Å². The predicted molar refractivity (Wildman–Crippen MR) is 61.4 cm³/mol. The van der Waals surface area contributed by atoms with E-state index in [1.807, 2.05) is 26.8 Å². The molecule has 0 N–H and O–H groups in total. The molecule has 0 aliphatic carbocycles. The van der Waals surface area contributed by atoms with E-state index in [2.05, 4.69) is 26.2 Å². The number of nitrogens with zero attached hydrogens (tertiary/aromatic N) is 4. The van der Waals surface area contributed by atoms with Gasteiger partial charge in [0.1, 0.15) is 0 Å². The lowest BCUT2D eigenvalue weighted by atomic mass is 10.1. The molecule has 0 aliphatic heterocycles. The van der Waals surface area contributed by atoms with E-state index >= 15 is 0 Å². The predicted octanol–water partition coefficient (Wildman–Crippen LogP) is 1.07. The topological polar surface area (TPSA) is 56.6 Å². The summed E-state index contributed by atoms with van der Waals surface area (Å²) >= 11 is 3.31. The van der Waals surface area contributed by atoms with Crippen LogP contribution in [-0.4, -0.2) is 10.3 Å². The van der Waals surface area contributed by atoms with Crippen LogP contribution in [0.4, 0.5) is 0 Å². The summed E-state index contributed by atoms with van der Waals surface area (Å²) < 4.78 is 0.835. The second-order valence-corrected chi connectivity index (χ2v) is 5.47. The van der Waals surface area contributed by atoms with E-state index < -0.39 is 0 Å². The Kier molecular flexibility index (Phi) is 2.53. The zero-order chi connectivity index (χ0) is 11.9. The average Bonchev–Trinajstić information content (AvgIpc) is 2.17. The zero-order valence-corrected chi connectivity index (χ0v) is 10.9. The smallest absolute Gasteiger partial charge is 0.312 e. The second-order valence-electron chi connectivity index (χ2n) is 4.56. The van der Waals surface area contributed by atoms with Crippen molar-refractivity contribution in [2.75, 3.05) is 0 Å². The fraction of sp³-hybridized carbons (Fsp3) is 0.400. The highest BCUT2D eigenvalue weighted by Gasteiger charge is 2.31. The van der Waals surface area contributed by atoms with Crippen molar-refractivity contribution < 1.29 is 9.64 Å². The maximum Gasteiger partial charge on any atom is 0.312 e. The van der Waals surface area contributed by atoms with Gasteiger partial charge in [0.2, 0.25) is 11.1 Å². The largest absolute Gasteiger partial charge is 0.590 e. The Balaban J connectivity index is 2.74. The normalized spacial score (nSPS) is 12.0. The Morgan fingerprint density at radius 1 is 1.31 bits per heavy atom. The van der Waals surface area contributed by atoms with Gasteiger partial charge >= 0.3 is 5.21 Å². The summed E-state index contributed by atoms with van der Waals surface area (Å²) in [6.45, 7) is 5.83. The van der Waals surface area contributed by atoms with Gasteiger partial charge in [-0.2, -0.15) is 0 Å². The third kappa shape index (κ3) is 1.97. The summed E-state index contributed by atoms with van der Waals surface area (Å²) in [5.74, 6) is 0.